The molecule has 4 heteroatoms. The van der Waals surface area contributed by atoms with Crippen molar-refractivity contribution < 1.29 is 4.79 Å². The lowest BCUT2D eigenvalue weighted by Gasteiger charge is -2.02. The van der Waals surface area contributed by atoms with Crippen molar-refractivity contribution in [2.45, 2.75) is 19.4 Å². The summed E-state index contributed by atoms with van der Waals surface area (Å²) < 4.78 is 0. The quantitative estimate of drug-likeness (QED) is 0.581. The van der Waals surface area contributed by atoms with Gasteiger partial charge < -0.3 is 5.32 Å². The molecule has 1 amide bonds. The van der Waals surface area contributed by atoms with E-state index in [0.717, 1.165) is 18.2 Å². The van der Waals surface area contributed by atoms with Gasteiger partial charge in [-0.25, -0.2) is 0 Å². The van der Waals surface area contributed by atoms with Gasteiger partial charge in [0.2, 0.25) is 0 Å². The van der Waals surface area contributed by atoms with Crippen molar-refractivity contribution in [2.24, 2.45) is 0 Å². The number of amides is 1. The summed E-state index contributed by atoms with van der Waals surface area (Å²) in [6.45, 7) is 1.95. The van der Waals surface area contributed by atoms with Crippen molar-refractivity contribution in [3.8, 4) is 0 Å². The third kappa shape index (κ3) is 1.24. The van der Waals surface area contributed by atoms with Crippen LogP contribution in [0.25, 0.3) is 0 Å². The molecular weight excluding hydrogens is 136 g/mol. The predicted molar refractivity (Wildman–Crippen MR) is 37.9 cm³/mol. The largest absolute Gasteiger partial charge is 0.338 e. The summed E-state index contributed by atoms with van der Waals surface area (Å²) in [4.78, 5) is 10.5. The van der Waals surface area contributed by atoms with Crippen LogP contribution in [0.4, 0.5) is 4.79 Å². The van der Waals surface area contributed by atoms with Crippen LogP contribution in [0.1, 0.15) is 13.3 Å². The Bertz CT molecular complexity index is 157. The minimum Gasteiger partial charge on any atom is -0.338 e. The molecule has 2 N–H and O–H groups in total. The molecule has 0 spiro atoms. The first kappa shape index (κ1) is 6.61. The van der Waals surface area contributed by atoms with Gasteiger partial charge in [-0.15, -0.1) is 0 Å². The Hall–Kier alpha value is -0.510. The van der Waals surface area contributed by atoms with Gasteiger partial charge in [0.05, 0.1) is 11.1 Å². The molecule has 0 aromatic rings. The molecule has 3 nitrogen and oxygen atoms in total. The topological polar surface area (TPSA) is 53.0 Å². The van der Waals surface area contributed by atoms with Crippen molar-refractivity contribution in [1.29, 1.82) is 5.41 Å². The molecule has 0 radical (unpaired) electrons. The summed E-state index contributed by atoms with van der Waals surface area (Å²) in [6, 6.07) is -0.0116. The standard InChI is InChI=1S/C5H8N2OS/c1-2-3-4(6)9-5(8)7-3/h3,6H,2H2,1H3,(H,7,8). The Morgan fingerprint density at radius 3 is 2.78 bits per heavy atom. The van der Waals surface area contributed by atoms with Crippen LogP contribution in [0.2, 0.25) is 0 Å². The Morgan fingerprint density at radius 1 is 1.89 bits per heavy atom. The molecule has 0 aromatic carbocycles. The number of carbonyl (C=O) groups excluding carboxylic acids is 1. The van der Waals surface area contributed by atoms with E-state index in [1.165, 1.54) is 0 Å². The first-order valence-corrected chi connectivity index (χ1v) is 3.62. The normalized spacial score (nSPS) is 26.6. The minimum absolute atomic E-state index is 0.0116. The second-order valence-electron chi connectivity index (χ2n) is 1.86. The summed E-state index contributed by atoms with van der Waals surface area (Å²) in [6.07, 6.45) is 0.817. The summed E-state index contributed by atoms with van der Waals surface area (Å²) in [5.74, 6) is 0. The monoisotopic (exact) mass is 144 g/mol. The van der Waals surface area contributed by atoms with Gasteiger partial charge in [-0.05, 0) is 18.2 Å². The van der Waals surface area contributed by atoms with Gasteiger partial charge in [0.1, 0.15) is 0 Å². The van der Waals surface area contributed by atoms with E-state index >= 15 is 0 Å². The molecule has 0 aromatic heterocycles. The van der Waals surface area contributed by atoms with Crippen molar-refractivity contribution >= 4 is 22.0 Å². The van der Waals surface area contributed by atoms with E-state index in [1.54, 1.807) is 0 Å². The van der Waals surface area contributed by atoms with E-state index in [1.807, 2.05) is 6.92 Å². The maximum atomic E-state index is 10.5. The van der Waals surface area contributed by atoms with Crippen LogP contribution in [-0.2, 0) is 0 Å². The number of nitrogens with one attached hydrogen (secondary N) is 2. The van der Waals surface area contributed by atoms with E-state index in [4.69, 9.17) is 5.41 Å². The Morgan fingerprint density at radius 2 is 2.56 bits per heavy atom. The fourth-order valence-electron chi connectivity index (χ4n) is 0.696. The first-order chi connectivity index (χ1) is 4.24. The molecule has 1 unspecified atom stereocenters. The number of rotatable bonds is 1. The maximum Gasteiger partial charge on any atom is 0.285 e. The fraction of sp³-hybridized carbons (Fsp3) is 0.600. The van der Waals surface area contributed by atoms with E-state index in [-0.39, 0.29) is 11.3 Å². The molecule has 1 heterocycles. The summed E-state index contributed by atoms with van der Waals surface area (Å²) >= 11 is 0.986. The van der Waals surface area contributed by atoms with Crippen molar-refractivity contribution in [3.05, 3.63) is 0 Å². The van der Waals surface area contributed by atoms with Gasteiger partial charge in [0.25, 0.3) is 5.24 Å². The van der Waals surface area contributed by atoms with Gasteiger partial charge >= 0.3 is 0 Å². The molecule has 0 saturated carbocycles. The SMILES string of the molecule is CCC1NC(=O)SC1=N. The molecule has 1 saturated heterocycles. The highest BCUT2D eigenvalue weighted by atomic mass is 32.2. The first-order valence-electron chi connectivity index (χ1n) is 2.81. The second kappa shape index (κ2) is 2.39. The lowest BCUT2D eigenvalue weighted by Crippen LogP contribution is -2.27. The van der Waals surface area contributed by atoms with Crippen molar-refractivity contribution in [2.75, 3.05) is 0 Å². The average Bonchev–Trinajstić information content (AvgIpc) is 2.10. The molecule has 1 atom stereocenters. The molecule has 1 aliphatic rings. The lowest BCUT2D eigenvalue weighted by molar-refractivity contribution is 0.260. The van der Waals surface area contributed by atoms with Crippen molar-refractivity contribution in [1.82, 2.24) is 5.32 Å². The van der Waals surface area contributed by atoms with E-state index in [9.17, 15) is 4.79 Å². The van der Waals surface area contributed by atoms with Crippen LogP contribution in [0.5, 0.6) is 0 Å². The van der Waals surface area contributed by atoms with Crippen LogP contribution in [-0.4, -0.2) is 16.3 Å². The van der Waals surface area contributed by atoms with Gasteiger partial charge in [0, 0.05) is 0 Å². The van der Waals surface area contributed by atoms with Gasteiger partial charge in [0.15, 0.2) is 0 Å². The fourth-order valence-corrected chi connectivity index (χ4v) is 1.46. The average molecular weight is 144 g/mol. The Balaban J connectivity index is 2.58. The number of hydrogen-bond acceptors (Lipinski definition) is 3. The number of hydrogen-bond donors (Lipinski definition) is 2. The predicted octanol–water partition coefficient (Wildman–Crippen LogP) is 1.20. The van der Waals surface area contributed by atoms with Crippen LogP contribution in [0.3, 0.4) is 0 Å². The Kier molecular flexibility index (Phi) is 1.75. The molecule has 1 aliphatic heterocycles. The summed E-state index contributed by atoms with van der Waals surface area (Å²) in [5.41, 5.74) is 0. The smallest absolute Gasteiger partial charge is 0.285 e. The zero-order chi connectivity index (χ0) is 6.85. The Labute approximate surface area is 57.7 Å². The molecule has 50 valence electrons. The minimum atomic E-state index is -0.0909. The maximum absolute atomic E-state index is 10.5. The summed E-state index contributed by atoms with van der Waals surface area (Å²) in [7, 11) is 0. The van der Waals surface area contributed by atoms with Crippen LogP contribution >= 0.6 is 11.8 Å². The zero-order valence-corrected chi connectivity index (χ0v) is 5.92. The molecule has 0 aliphatic carbocycles. The van der Waals surface area contributed by atoms with Gasteiger partial charge in [-0.2, -0.15) is 0 Å². The second-order valence-corrected chi connectivity index (χ2v) is 2.87. The van der Waals surface area contributed by atoms with E-state index in [0.29, 0.717) is 5.04 Å². The van der Waals surface area contributed by atoms with Gasteiger partial charge in [-0.1, -0.05) is 6.92 Å². The highest BCUT2D eigenvalue weighted by Crippen LogP contribution is 2.17. The van der Waals surface area contributed by atoms with Crippen LogP contribution in [0.15, 0.2) is 0 Å². The summed E-state index contributed by atoms with van der Waals surface area (Å²) in [5, 5.41) is 10.2. The molecule has 1 rings (SSSR count). The van der Waals surface area contributed by atoms with Crippen LogP contribution < -0.4 is 5.32 Å². The highest BCUT2D eigenvalue weighted by Gasteiger charge is 2.25. The van der Waals surface area contributed by atoms with E-state index in [2.05, 4.69) is 5.32 Å². The van der Waals surface area contributed by atoms with Crippen LogP contribution in [0, 0.1) is 5.41 Å². The lowest BCUT2D eigenvalue weighted by atomic mass is 10.2. The highest BCUT2D eigenvalue weighted by molar-refractivity contribution is 8.26. The molecular formula is C5H8N2OS. The number of thioether (sulfide) groups is 1. The zero-order valence-electron chi connectivity index (χ0n) is 5.10. The van der Waals surface area contributed by atoms with Gasteiger partial charge in [-0.3, -0.25) is 10.2 Å². The van der Waals surface area contributed by atoms with Crippen molar-refractivity contribution in [3.63, 3.8) is 0 Å². The third-order valence-corrected chi connectivity index (χ3v) is 2.03. The number of carbonyl (C=O) groups is 1. The molecule has 1 fully saturated rings. The molecule has 0 bridgehead atoms. The molecule has 9 heavy (non-hydrogen) atoms. The third-order valence-electron chi connectivity index (χ3n) is 1.22. The van der Waals surface area contributed by atoms with E-state index < -0.39 is 0 Å².